The summed E-state index contributed by atoms with van der Waals surface area (Å²) in [5.41, 5.74) is 0.997. The summed E-state index contributed by atoms with van der Waals surface area (Å²) in [6.45, 7) is 4.01. The molecule has 3 nitrogen and oxygen atoms in total. The van der Waals surface area contributed by atoms with E-state index in [1.165, 1.54) is 0 Å². The minimum Gasteiger partial charge on any atom is -0.493 e. The molecule has 0 atom stereocenters. The molecule has 0 heterocycles. The van der Waals surface area contributed by atoms with E-state index in [1.54, 1.807) is 7.11 Å². The summed E-state index contributed by atoms with van der Waals surface area (Å²) in [6.07, 6.45) is 6.21. The van der Waals surface area contributed by atoms with Crippen molar-refractivity contribution in [2.75, 3.05) is 7.11 Å². The van der Waals surface area contributed by atoms with Gasteiger partial charge in [0.2, 0.25) is 0 Å². The van der Waals surface area contributed by atoms with E-state index in [2.05, 4.69) is 13.0 Å². The predicted octanol–water partition coefficient (Wildman–Crippen LogP) is 3.82. The first-order chi connectivity index (χ1) is 8.71. The summed E-state index contributed by atoms with van der Waals surface area (Å²) in [4.78, 5) is 11.5. The van der Waals surface area contributed by atoms with Crippen LogP contribution >= 0.6 is 0 Å². The average molecular weight is 248 g/mol. The van der Waals surface area contributed by atoms with Gasteiger partial charge < -0.3 is 9.47 Å². The second-order valence-electron chi connectivity index (χ2n) is 3.94. The van der Waals surface area contributed by atoms with E-state index in [0.29, 0.717) is 17.9 Å². The van der Waals surface area contributed by atoms with Crippen molar-refractivity contribution in [1.29, 1.82) is 0 Å². The zero-order chi connectivity index (χ0) is 13.4. The zero-order valence-electron chi connectivity index (χ0n) is 11.2. The Bertz CT molecular complexity index is 422. The van der Waals surface area contributed by atoms with Crippen LogP contribution in [0.4, 0.5) is 0 Å². The lowest BCUT2D eigenvalue weighted by Crippen LogP contribution is -2.07. The van der Waals surface area contributed by atoms with E-state index >= 15 is 0 Å². The Morgan fingerprint density at radius 3 is 2.67 bits per heavy atom. The summed E-state index contributed by atoms with van der Waals surface area (Å²) in [6, 6.07) is 5.56. The van der Waals surface area contributed by atoms with E-state index < -0.39 is 0 Å². The number of carbonyl (C=O) groups excluding carboxylic acids is 1. The van der Waals surface area contributed by atoms with E-state index in [4.69, 9.17) is 9.47 Å². The molecule has 1 rings (SSSR count). The van der Waals surface area contributed by atoms with Crippen LogP contribution in [0.1, 0.15) is 38.7 Å². The summed E-state index contributed by atoms with van der Waals surface area (Å²) >= 11 is 0. The van der Waals surface area contributed by atoms with Crippen LogP contribution in [0.3, 0.4) is 0 Å². The highest BCUT2D eigenvalue weighted by atomic mass is 16.6. The molecule has 0 saturated heterocycles. The Balaban J connectivity index is 2.91. The number of esters is 1. The normalized spacial score (nSPS) is 10.6. The fourth-order valence-electron chi connectivity index (χ4n) is 1.51. The quantitative estimate of drug-likeness (QED) is 0.567. The molecule has 0 aliphatic rings. The van der Waals surface area contributed by atoms with Crippen molar-refractivity contribution in [3.05, 3.63) is 29.8 Å². The van der Waals surface area contributed by atoms with Crippen LogP contribution in [0.2, 0.25) is 0 Å². The van der Waals surface area contributed by atoms with Gasteiger partial charge in [-0.1, -0.05) is 32.1 Å². The number of carbonyl (C=O) groups is 1. The predicted molar refractivity (Wildman–Crippen MR) is 72.9 cm³/mol. The summed E-state index contributed by atoms with van der Waals surface area (Å²) in [5.74, 6) is 0.828. The van der Waals surface area contributed by atoms with Gasteiger partial charge in [-0.3, -0.25) is 4.79 Å². The molecule has 0 radical (unpaired) electrons. The molecule has 0 amide bonds. The summed E-state index contributed by atoms with van der Waals surface area (Å²) in [7, 11) is 1.56. The lowest BCUT2D eigenvalue weighted by Gasteiger charge is -2.09. The number of methoxy groups -OCH3 is 1. The third-order valence-corrected chi connectivity index (χ3v) is 2.41. The topological polar surface area (TPSA) is 35.5 Å². The molecule has 98 valence electrons. The molecule has 0 bridgehead atoms. The Labute approximate surface area is 108 Å². The number of allylic oxidation sites excluding steroid dienone is 1. The molecule has 0 N–H and O–H groups in total. The Hall–Kier alpha value is -1.77. The smallest absolute Gasteiger partial charge is 0.311 e. The molecule has 1 aromatic carbocycles. The molecule has 0 saturated carbocycles. The first kappa shape index (κ1) is 14.3. The maximum Gasteiger partial charge on any atom is 0.311 e. The van der Waals surface area contributed by atoms with Crippen molar-refractivity contribution in [3.63, 3.8) is 0 Å². The lowest BCUT2D eigenvalue weighted by molar-refractivity contribution is -0.134. The number of benzene rings is 1. The van der Waals surface area contributed by atoms with Crippen molar-refractivity contribution in [1.82, 2.24) is 0 Å². The average Bonchev–Trinajstić information content (AvgIpc) is 2.37. The Morgan fingerprint density at radius 2 is 2.06 bits per heavy atom. The van der Waals surface area contributed by atoms with Gasteiger partial charge in [0, 0.05) is 6.42 Å². The molecular formula is C15H20O3. The monoisotopic (exact) mass is 248 g/mol. The third kappa shape index (κ3) is 4.24. The van der Waals surface area contributed by atoms with Crippen LogP contribution < -0.4 is 9.47 Å². The maximum absolute atomic E-state index is 11.5. The van der Waals surface area contributed by atoms with Crippen molar-refractivity contribution in [3.8, 4) is 11.5 Å². The highest BCUT2D eigenvalue weighted by Crippen LogP contribution is 2.29. The minimum atomic E-state index is -0.229. The first-order valence-corrected chi connectivity index (χ1v) is 6.26. The fourth-order valence-corrected chi connectivity index (χ4v) is 1.51. The lowest BCUT2D eigenvalue weighted by atomic mass is 10.2. The highest BCUT2D eigenvalue weighted by Gasteiger charge is 2.09. The van der Waals surface area contributed by atoms with Crippen LogP contribution in [0, 0.1) is 0 Å². The second kappa shape index (κ2) is 7.54. The first-order valence-electron chi connectivity index (χ1n) is 6.26. The molecule has 0 fully saturated rings. The largest absolute Gasteiger partial charge is 0.493 e. The van der Waals surface area contributed by atoms with Gasteiger partial charge in [0.25, 0.3) is 0 Å². The Kier molecular flexibility index (Phi) is 5.98. The fraction of sp³-hybridized carbons (Fsp3) is 0.400. The molecule has 18 heavy (non-hydrogen) atoms. The molecule has 3 heteroatoms. The van der Waals surface area contributed by atoms with Crippen LogP contribution in [0.5, 0.6) is 11.5 Å². The van der Waals surface area contributed by atoms with Gasteiger partial charge in [-0.25, -0.2) is 0 Å². The van der Waals surface area contributed by atoms with Crippen molar-refractivity contribution in [2.45, 2.75) is 33.1 Å². The SMILES string of the molecule is CC/C=C/c1ccc(OC)c(OC(=O)CCC)c1. The minimum absolute atomic E-state index is 0.229. The van der Waals surface area contributed by atoms with Crippen molar-refractivity contribution >= 4 is 12.0 Å². The molecule has 1 aromatic rings. The standard InChI is InChI=1S/C15H20O3/c1-4-6-8-12-9-10-13(17-3)14(11-12)18-15(16)7-5-2/h6,8-11H,4-5,7H2,1-3H3/b8-6+. The zero-order valence-corrected chi connectivity index (χ0v) is 11.2. The number of hydrogen-bond donors (Lipinski definition) is 0. The van der Waals surface area contributed by atoms with Gasteiger partial charge in [-0.05, 0) is 30.5 Å². The van der Waals surface area contributed by atoms with Crippen LogP contribution in [0.25, 0.3) is 6.08 Å². The third-order valence-electron chi connectivity index (χ3n) is 2.41. The van der Waals surface area contributed by atoms with E-state index in [0.717, 1.165) is 18.4 Å². The summed E-state index contributed by atoms with van der Waals surface area (Å²) in [5, 5.41) is 0. The van der Waals surface area contributed by atoms with Gasteiger partial charge in [-0.2, -0.15) is 0 Å². The number of hydrogen-bond acceptors (Lipinski definition) is 3. The van der Waals surface area contributed by atoms with Gasteiger partial charge in [0.05, 0.1) is 7.11 Å². The molecule has 0 aromatic heterocycles. The van der Waals surface area contributed by atoms with Crippen LogP contribution in [0.15, 0.2) is 24.3 Å². The highest BCUT2D eigenvalue weighted by molar-refractivity contribution is 5.73. The molecule has 0 aliphatic heterocycles. The van der Waals surface area contributed by atoms with Gasteiger partial charge in [0.15, 0.2) is 11.5 Å². The molecule has 0 spiro atoms. The van der Waals surface area contributed by atoms with Crippen LogP contribution in [-0.2, 0) is 4.79 Å². The molecular weight excluding hydrogens is 228 g/mol. The van der Waals surface area contributed by atoms with Crippen molar-refractivity contribution < 1.29 is 14.3 Å². The number of ether oxygens (including phenoxy) is 2. The molecule has 0 unspecified atom stereocenters. The van der Waals surface area contributed by atoms with Crippen molar-refractivity contribution in [2.24, 2.45) is 0 Å². The van der Waals surface area contributed by atoms with Gasteiger partial charge in [-0.15, -0.1) is 0 Å². The second-order valence-corrected chi connectivity index (χ2v) is 3.94. The summed E-state index contributed by atoms with van der Waals surface area (Å²) < 4.78 is 10.5. The number of rotatable bonds is 6. The molecule has 0 aliphatic carbocycles. The van der Waals surface area contributed by atoms with E-state index in [-0.39, 0.29) is 5.97 Å². The van der Waals surface area contributed by atoms with E-state index in [9.17, 15) is 4.79 Å². The Morgan fingerprint density at radius 1 is 1.28 bits per heavy atom. The van der Waals surface area contributed by atoms with E-state index in [1.807, 2.05) is 31.2 Å². The van der Waals surface area contributed by atoms with Gasteiger partial charge >= 0.3 is 5.97 Å². The maximum atomic E-state index is 11.5. The van der Waals surface area contributed by atoms with Crippen LogP contribution in [-0.4, -0.2) is 13.1 Å². The van der Waals surface area contributed by atoms with Gasteiger partial charge in [0.1, 0.15) is 0 Å².